The zero-order chi connectivity index (χ0) is 16.0. The SMILES string of the molecule is CCNc1nccc(C(=O)N(CC(C)C)CC(C)C)c1F. The molecule has 0 bridgehead atoms. The van der Waals surface area contributed by atoms with Crippen LogP contribution in [0.3, 0.4) is 0 Å². The first-order valence-electron chi connectivity index (χ1n) is 7.54. The van der Waals surface area contributed by atoms with Crippen molar-refractivity contribution in [2.24, 2.45) is 11.8 Å². The van der Waals surface area contributed by atoms with E-state index in [1.807, 2.05) is 34.6 Å². The van der Waals surface area contributed by atoms with E-state index in [0.29, 0.717) is 31.5 Å². The number of anilines is 1. The van der Waals surface area contributed by atoms with Crippen molar-refractivity contribution in [3.63, 3.8) is 0 Å². The van der Waals surface area contributed by atoms with Crippen molar-refractivity contribution in [2.75, 3.05) is 25.0 Å². The van der Waals surface area contributed by atoms with Crippen LogP contribution in [0.5, 0.6) is 0 Å². The molecule has 0 aromatic carbocycles. The number of hydrogen-bond acceptors (Lipinski definition) is 3. The van der Waals surface area contributed by atoms with Crippen LogP contribution in [-0.2, 0) is 0 Å². The normalized spacial score (nSPS) is 11.0. The molecule has 1 N–H and O–H groups in total. The lowest BCUT2D eigenvalue weighted by Crippen LogP contribution is -2.37. The van der Waals surface area contributed by atoms with Crippen molar-refractivity contribution in [3.8, 4) is 0 Å². The highest BCUT2D eigenvalue weighted by Crippen LogP contribution is 2.18. The van der Waals surface area contributed by atoms with Crippen LogP contribution in [0.2, 0.25) is 0 Å². The van der Waals surface area contributed by atoms with E-state index in [0.717, 1.165) is 0 Å². The molecule has 1 amide bonds. The number of nitrogens with zero attached hydrogens (tertiary/aromatic N) is 2. The summed E-state index contributed by atoms with van der Waals surface area (Å²) in [7, 11) is 0. The highest BCUT2D eigenvalue weighted by Gasteiger charge is 2.22. The van der Waals surface area contributed by atoms with Crippen LogP contribution in [-0.4, -0.2) is 35.4 Å². The summed E-state index contributed by atoms with van der Waals surface area (Å²) in [6.07, 6.45) is 1.47. The molecule has 0 aliphatic carbocycles. The average Bonchev–Trinajstić information content (AvgIpc) is 2.39. The summed E-state index contributed by atoms with van der Waals surface area (Å²) in [5, 5.41) is 2.83. The molecule has 5 heteroatoms. The number of carbonyl (C=O) groups excluding carboxylic acids is 1. The molecule has 1 aromatic heterocycles. The zero-order valence-corrected chi connectivity index (χ0v) is 13.6. The van der Waals surface area contributed by atoms with Gasteiger partial charge in [0.05, 0.1) is 5.56 Å². The summed E-state index contributed by atoms with van der Waals surface area (Å²) >= 11 is 0. The van der Waals surface area contributed by atoms with E-state index < -0.39 is 5.82 Å². The number of halogens is 1. The van der Waals surface area contributed by atoms with Crippen LogP contribution in [0.1, 0.15) is 45.0 Å². The molecule has 4 nitrogen and oxygen atoms in total. The minimum Gasteiger partial charge on any atom is -0.368 e. The molecule has 0 saturated heterocycles. The predicted molar refractivity (Wildman–Crippen MR) is 83.9 cm³/mol. The first-order valence-corrected chi connectivity index (χ1v) is 7.54. The third kappa shape index (κ3) is 4.99. The minimum atomic E-state index is -0.568. The van der Waals surface area contributed by atoms with Crippen LogP contribution in [0, 0.1) is 17.7 Å². The maximum atomic E-state index is 14.4. The second-order valence-electron chi connectivity index (χ2n) is 6.05. The van der Waals surface area contributed by atoms with Crippen molar-refractivity contribution in [3.05, 3.63) is 23.6 Å². The molecule has 0 unspecified atom stereocenters. The Kier molecular flexibility index (Phi) is 6.59. The van der Waals surface area contributed by atoms with Gasteiger partial charge in [-0.3, -0.25) is 4.79 Å². The number of aromatic nitrogens is 1. The van der Waals surface area contributed by atoms with Crippen molar-refractivity contribution in [1.82, 2.24) is 9.88 Å². The molecule has 0 spiro atoms. The molecule has 0 atom stereocenters. The van der Waals surface area contributed by atoms with Gasteiger partial charge in [-0.1, -0.05) is 27.7 Å². The number of amides is 1. The standard InChI is InChI=1S/C16H26FN3O/c1-6-18-15-14(17)13(7-8-19-15)16(21)20(9-11(2)3)10-12(4)5/h7-8,11-12H,6,9-10H2,1-5H3,(H,18,19). The topological polar surface area (TPSA) is 45.2 Å². The van der Waals surface area contributed by atoms with E-state index in [2.05, 4.69) is 10.3 Å². The van der Waals surface area contributed by atoms with Gasteiger partial charge >= 0.3 is 0 Å². The van der Waals surface area contributed by atoms with E-state index >= 15 is 0 Å². The molecule has 21 heavy (non-hydrogen) atoms. The summed E-state index contributed by atoms with van der Waals surface area (Å²) in [5.41, 5.74) is 0.0854. The molecular formula is C16H26FN3O. The Labute approximate surface area is 126 Å². The van der Waals surface area contributed by atoms with E-state index in [-0.39, 0.29) is 17.3 Å². The summed E-state index contributed by atoms with van der Waals surface area (Å²) in [4.78, 5) is 18.3. The van der Waals surface area contributed by atoms with Crippen molar-refractivity contribution in [2.45, 2.75) is 34.6 Å². The van der Waals surface area contributed by atoms with E-state index in [4.69, 9.17) is 0 Å². The Balaban J connectivity index is 3.05. The Morgan fingerprint density at radius 3 is 2.33 bits per heavy atom. The van der Waals surface area contributed by atoms with Crippen molar-refractivity contribution in [1.29, 1.82) is 0 Å². The smallest absolute Gasteiger partial charge is 0.257 e. The van der Waals surface area contributed by atoms with Gasteiger partial charge in [0.15, 0.2) is 11.6 Å². The van der Waals surface area contributed by atoms with E-state index in [9.17, 15) is 9.18 Å². The van der Waals surface area contributed by atoms with Gasteiger partial charge in [0.1, 0.15) is 0 Å². The van der Waals surface area contributed by atoms with Gasteiger partial charge in [0.25, 0.3) is 5.91 Å². The van der Waals surface area contributed by atoms with Gasteiger partial charge in [0, 0.05) is 25.8 Å². The van der Waals surface area contributed by atoms with Crippen LogP contribution in [0.25, 0.3) is 0 Å². The third-order valence-electron chi connectivity index (χ3n) is 2.92. The molecule has 0 radical (unpaired) electrons. The number of rotatable bonds is 7. The number of pyridine rings is 1. The van der Waals surface area contributed by atoms with Crippen molar-refractivity contribution >= 4 is 11.7 Å². The van der Waals surface area contributed by atoms with Gasteiger partial charge in [-0.15, -0.1) is 0 Å². The summed E-state index contributed by atoms with van der Waals surface area (Å²) in [6.45, 7) is 11.9. The Morgan fingerprint density at radius 1 is 1.29 bits per heavy atom. The lowest BCUT2D eigenvalue weighted by Gasteiger charge is -2.26. The maximum absolute atomic E-state index is 14.4. The molecule has 0 aliphatic rings. The van der Waals surface area contributed by atoms with Gasteiger partial charge in [-0.25, -0.2) is 9.37 Å². The lowest BCUT2D eigenvalue weighted by atomic mass is 10.1. The Morgan fingerprint density at radius 2 is 1.86 bits per heavy atom. The molecular weight excluding hydrogens is 269 g/mol. The van der Waals surface area contributed by atoms with Crippen LogP contribution >= 0.6 is 0 Å². The second-order valence-corrected chi connectivity index (χ2v) is 6.05. The Hall–Kier alpha value is -1.65. The van der Waals surface area contributed by atoms with Gasteiger partial charge < -0.3 is 10.2 Å². The highest BCUT2D eigenvalue weighted by molar-refractivity contribution is 5.95. The van der Waals surface area contributed by atoms with E-state index in [1.54, 1.807) is 4.90 Å². The maximum Gasteiger partial charge on any atom is 0.257 e. The van der Waals surface area contributed by atoms with Crippen LogP contribution < -0.4 is 5.32 Å². The van der Waals surface area contributed by atoms with E-state index in [1.165, 1.54) is 12.3 Å². The second kappa shape index (κ2) is 7.96. The van der Waals surface area contributed by atoms with Crippen molar-refractivity contribution < 1.29 is 9.18 Å². The molecule has 0 saturated carbocycles. The molecule has 118 valence electrons. The first kappa shape index (κ1) is 17.4. The Bertz CT molecular complexity index is 465. The minimum absolute atomic E-state index is 0.0854. The van der Waals surface area contributed by atoms with Gasteiger partial charge in [-0.05, 0) is 24.8 Å². The molecule has 1 aromatic rings. The summed E-state index contributed by atoms with van der Waals surface area (Å²) in [6, 6.07) is 1.45. The average molecular weight is 295 g/mol. The first-order chi connectivity index (χ1) is 9.86. The summed E-state index contributed by atoms with van der Waals surface area (Å²) < 4.78 is 14.4. The highest BCUT2D eigenvalue weighted by atomic mass is 19.1. The quantitative estimate of drug-likeness (QED) is 0.838. The number of hydrogen-bond donors (Lipinski definition) is 1. The third-order valence-corrected chi connectivity index (χ3v) is 2.92. The lowest BCUT2D eigenvalue weighted by molar-refractivity contribution is 0.0710. The predicted octanol–water partition coefficient (Wildman–Crippen LogP) is 3.41. The summed E-state index contributed by atoms with van der Waals surface area (Å²) in [5.74, 6) is -0.0209. The monoisotopic (exact) mass is 295 g/mol. The fraction of sp³-hybridized carbons (Fsp3) is 0.625. The van der Waals surface area contributed by atoms with Crippen LogP contribution in [0.4, 0.5) is 10.2 Å². The fourth-order valence-electron chi connectivity index (χ4n) is 2.19. The van der Waals surface area contributed by atoms with Gasteiger partial charge in [-0.2, -0.15) is 0 Å². The van der Waals surface area contributed by atoms with Gasteiger partial charge in [0.2, 0.25) is 0 Å². The molecule has 1 heterocycles. The largest absolute Gasteiger partial charge is 0.368 e. The molecule has 0 fully saturated rings. The fourth-order valence-corrected chi connectivity index (χ4v) is 2.19. The molecule has 1 rings (SSSR count). The number of carbonyl (C=O) groups is 1. The number of nitrogens with one attached hydrogen (secondary N) is 1. The van der Waals surface area contributed by atoms with Crippen LogP contribution in [0.15, 0.2) is 12.3 Å². The molecule has 0 aliphatic heterocycles. The zero-order valence-electron chi connectivity index (χ0n) is 13.6.